The van der Waals surface area contributed by atoms with E-state index in [-0.39, 0.29) is 5.82 Å². The molecule has 1 aliphatic heterocycles. The summed E-state index contributed by atoms with van der Waals surface area (Å²) in [6, 6.07) is 0. The van der Waals surface area contributed by atoms with E-state index in [1.807, 2.05) is 5.92 Å². The van der Waals surface area contributed by atoms with E-state index in [1.54, 1.807) is 0 Å². The fraction of sp³-hybridized carbons (Fsp3) is 0.583. The minimum Gasteiger partial charge on any atom is -0.396 e. The Bertz CT molecular complexity index is 1130. The number of phosphoric ester groups is 1. The molecule has 18 nitrogen and oxygen atoms in total. The average molecular weight is 536 g/mol. The van der Waals surface area contributed by atoms with Crippen molar-refractivity contribution in [3.05, 3.63) is 16.7 Å². The number of terminal acetylenes is 1. The number of nitrogens with zero attached hydrogens (tertiary/aromatic N) is 3. The number of rotatable bonds is 9. The molecule has 0 radical (unpaired) electrons. The van der Waals surface area contributed by atoms with E-state index in [9.17, 15) is 38.5 Å². The molecule has 21 heteroatoms. The van der Waals surface area contributed by atoms with Gasteiger partial charge in [0.25, 0.3) is 0 Å². The van der Waals surface area contributed by atoms with Crippen LogP contribution in [0.25, 0.3) is 0 Å². The molecule has 0 bridgehead atoms. The summed E-state index contributed by atoms with van der Waals surface area (Å²) in [4.78, 5) is 51.6. The van der Waals surface area contributed by atoms with E-state index in [4.69, 9.17) is 26.7 Å². The Morgan fingerprint density at radius 3 is 2.39 bits per heavy atom. The standard InChI is InChI=1S/C12H19N4O14P3/c1-3-12(19)7(5-17)9(27-10(12)16-11(18)15-8(13)4-14-16)6(2)28-32(23,24)30-33(25,26)29-31(20,21)22/h1,4,6-7,9-10,17,19H,5H2,2H3,(H,23,24)(H,25,26)(H2,13,15,18)(H2,20,21,22)/t6-,7?,9+,10+,12?/m0/s1. The molecule has 0 saturated carbocycles. The maximum Gasteiger partial charge on any atom is 0.490 e. The number of phosphoric acid groups is 3. The number of hydrogen-bond acceptors (Lipinski definition) is 13. The van der Waals surface area contributed by atoms with Crippen molar-refractivity contribution in [1.82, 2.24) is 14.8 Å². The number of ether oxygens (including phenoxy) is 1. The fourth-order valence-electron chi connectivity index (χ4n) is 2.98. The normalized spacial score (nSPS) is 30.2. The highest BCUT2D eigenvalue weighted by molar-refractivity contribution is 7.66. The zero-order valence-electron chi connectivity index (χ0n) is 16.4. The van der Waals surface area contributed by atoms with Gasteiger partial charge in [0.05, 0.1) is 30.9 Å². The summed E-state index contributed by atoms with van der Waals surface area (Å²) in [5.41, 5.74) is 1.80. The van der Waals surface area contributed by atoms with Crippen molar-refractivity contribution >= 4 is 29.3 Å². The lowest BCUT2D eigenvalue weighted by atomic mass is 9.84. The molecule has 0 aromatic carbocycles. The first-order valence-corrected chi connectivity index (χ1v) is 13.0. The van der Waals surface area contributed by atoms with Gasteiger partial charge in [0, 0.05) is 0 Å². The molecule has 1 aromatic rings. The maximum absolute atomic E-state index is 12.1. The van der Waals surface area contributed by atoms with Crippen LogP contribution in [-0.2, 0) is 31.6 Å². The Balaban J connectivity index is 2.32. The van der Waals surface area contributed by atoms with Crippen LogP contribution in [0.3, 0.4) is 0 Å². The van der Waals surface area contributed by atoms with E-state index < -0.39 is 65.7 Å². The van der Waals surface area contributed by atoms with Crippen molar-refractivity contribution < 1.29 is 61.4 Å². The van der Waals surface area contributed by atoms with Crippen LogP contribution in [0, 0.1) is 18.3 Å². The van der Waals surface area contributed by atoms with Gasteiger partial charge in [0.15, 0.2) is 11.8 Å². The van der Waals surface area contributed by atoms with E-state index in [1.165, 1.54) is 0 Å². The van der Waals surface area contributed by atoms with Gasteiger partial charge in [-0.15, -0.1) is 6.42 Å². The lowest BCUT2D eigenvalue weighted by molar-refractivity contribution is -0.0931. The van der Waals surface area contributed by atoms with Crippen LogP contribution in [0.1, 0.15) is 13.2 Å². The van der Waals surface area contributed by atoms with Gasteiger partial charge >= 0.3 is 29.2 Å². The third kappa shape index (κ3) is 6.53. The maximum atomic E-state index is 12.1. The second-order valence-corrected chi connectivity index (χ2v) is 10.9. The number of aliphatic hydroxyl groups excluding tert-OH is 1. The van der Waals surface area contributed by atoms with E-state index in [0.717, 1.165) is 13.1 Å². The van der Waals surface area contributed by atoms with Crippen LogP contribution in [0.2, 0.25) is 0 Å². The molecule has 7 atom stereocenters. The Hall–Kier alpha value is -1.54. The molecule has 186 valence electrons. The smallest absolute Gasteiger partial charge is 0.396 e. The SMILES string of the molecule is C#CC1(O)C(CO)[C@@H]([C@H](C)OP(=O)(O)OP(=O)(O)OP(=O)(O)O)O[C@H]1n1ncc(N)nc1=O. The molecule has 33 heavy (non-hydrogen) atoms. The van der Waals surface area contributed by atoms with Gasteiger partial charge in [0.1, 0.15) is 5.82 Å². The monoisotopic (exact) mass is 536 g/mol. The van der Waals surface area contributed by atoms with Gasteiger partial charge in [-0.05, 0) is 6.92 Å². The average Bonchev–Trinajstić information content (AvgIpc) is 2.91. The summed E-state index contributed by atoms with van der Waals surface area (Å²) >= 11 is 0. The molecule has 0 spiro atoms. The zero-order valence-corrected chi connectivity index (χ0v) is 19.1. The molecule has 1 saturated heterocycles. The quantitative estimate of drug-likeness (QED) is 0.130. The van der Waals surface area contributed by atoms with Crippen LogP contribution in [0.4, 0.5) is 5.82 Å². The fourth-order valence-corrected chi connectivity index (χ4v) is 6.18. The molecule has 8 N–H and O–H groups in total. The van der Waals surface area contributed by atoms with E-state index in [2.05, 4.69) is 23.2 Å². The number of nitrogen functional groups attached to an aromatic ring is 1. The number of aliphatic hydroxyl groups is 2. The van der Waals surface area contributed by atoms with Gasteiger partial charge in [-0.2, -0.15) is 23.4 Å². The summed E-state index contributed by atoms with van der Waals surface area (Å²) in [5.74, 6) is 0.192. The van der Waals surface area contributed by atoms with Crippen LogP contribution in [-0.4, -0.2) is 69.0 Å². The van der Waals surface area contributed by atoms with Gasteiger partial charge in [-0.3, -0.25) is 4.52 Å². The van der Waals surface area contributed by atoms with Crippen molar-refractivity contribution in [3.63, 3.8) is 0 Å². The Morgan fingerprint density at radius 2 is 1.91 bits per heavy atom. The predicted octanol–water partition coefficient (Wildman–Crippen LogP) is -2.18. The Kier molecular flexibility index (Phi) is 8.06. The molecule has 1 aliphatic rings. The third-order valence-electron chi connectivity index (χ3n) is 4.19. The Morgan fingerprint density at radius 1 is 1.30 bits per heavy atom. The predicted molar refractivity (Wildman–Crippen MR) is 103 cm³/mol. The first-order valence-electron chi connectivity index (χ1n) is 8.44. The molecule has 0 aliphatic carbocycles. The van der Waals surface area contributed by atoms with Crippen LogP contribution < -0.4 is 11.4 Å². The van der Waals surface area contributed by atoms with Gasteiger partial charge in [0.2, 0.25) is 0 Å². The largest absolute Gasteiger partial charge is 0.490 e. The van der Waals surface area contributed by atoms with Crippen LogP contribution in [0.15, 0.2) is 11.0 Å². The molecule has 0 amide bonds. The van der Waals surface area contributed by atoms with Gasteiger partial charge in [-0.1, -0.05) is 5.92 Å². The second-order valence-electron chi connectivity index (χ2n) is 6.52. The summed E-state index contributed by atoms with van der Waals surface area (Å²) < 4.78 is 52.1. The van der Waals surface area contributed by atoms with Crippen molar-refractivity contribution in [3.8, 4) is 12.3 Å². The summed E-state index contributed by atoms with van der Waals surface area (Å²) in [7, 11) is -17.0. The molecular formula is C12H19N4O14P3. The minimum absolute atomic E-state index is 0.269. The molecule has 2 heterocycles. The van der Waals surface area contributed by atoms with Crippen molar-refractivity contribution in [2.75, 3.05) is 12.3 Å². The lowest BCUT2D eigenvalue weighted by Gasteiger charge is -2.29. The number of aromatic nitrogens is 3. The second kappa shape index (κ2) is 9.61. The highest BCUT2D eigenvalue weighted by Gasteiger charge is 2.59. The van der Waals surface area contributed by atoms with Gasteiger partial charge < -0.3 is 40.3 Å². The summed E-state index contributed by atoms with van der Waals surface area (Å²) in [5, 5.41) is 24.3. The van der Waals surface area contributed by atoms with Gasteiger partial charge in [-0.25, -0.2) is 18.5 Å². The Labute approximate surface area is 184 Å². The number of nitrogens with two attached hydrogens (primary N) is 1. The zero-order chi connectivity index (χ0) is 25.4. The molecule has 1 fully saturated rings. The number of anilines is 1. The van der Waals surface area contributed by atoms with Crippen molar-refractivity contribution in [2.24, 2.45) is 5.92 Å². The molecule has 2 rings (SSSR count). The van der Waals surface area contributed by atoms with E-state index >= 15 is 0 Å². The number of hydrogen-bond donors (Lipinski definition) is 7. The highest BCUT2D eigenvalue weighted by atomic mass is 31.3. The molecular weight excluding hydrogens is 517 g/mol. The molecule has 4 unspecified atom stereocenters. The lowest BCUT2D eigenvalue weighted by Crippen LogP contribution is -2.47. The van der Waals surface area contributed by atoms with Crippen molar-refractivity contribution in [1.29, 1.82) is 0 Å². The summed E-state index contributed by atoms with van der Waals surface area (Å²) in [6.45, 7) is 0.117. The topological polar surface area (TPSA) is 283 Å². The van der Waals surface area contributed by atoms with Crippen LogP contribution in [0.5, 0.6) is 0 Å². The summed E-state index contributed by atoms with van der Waals surface area (Å²) in [6.07, 6.45) is 1.26. The highest BCUT2D eigenvalue weighted by Crippen LogP contribution is 2.66. The van der Waals surface area contributed by atoms with Crippen LogP contribution >= 0.6 is 23.5 Å². The first-order chi connectivity index (χ1) is 14.9. The molecule has 1 aromatic heterocycles. The van der Waals surface area contributed by atoms with E-state index in [0.29, 0.717) is 4.68 Å². The first kappa shape index (κ1) is 27.7. The minimum atomic E-state index is -5.80. The third-order valence-corrected chi connectivity index (χ3v) is 8.11. The van der Waals surface area contributed by atoms with Crippen molar-refractivity contribution in [2.45, 2.75) is 31.0 Å².